The second-order valence-corrected chi connectivity index (χ2v) is 8.10. The maximum absolute atomic E-state index is 12.2. The Morgan fingerprint density at radius 2 is 2.07 bits per heavy atom. The third-order valence-corrected chi connectivity index (χ3v) is 5.93. The molecule has 2 fully saturated rings. The van der Waals surface area contributed by atoms with E-state index in [1.54, 1.807) is 15.6 Å². The van der Waals surface area contributed by atoms with Gasteiger partial charge < -0.3 is 0 Å². The predicted molar refractivity (Wildman–Crippen MR) is 112 cm³/mol. The molecule has 1 unspecified atom stereocenters. The number of fused-ring (bicyclic) bond motifs is 1. The molecule has 3 amide bonds. The number of hydrogen-bond donors (Lipinski definition) is 1. The number of rotatable bonds is 5. The minimum Gasteiger partial charge on any atom is -0.299 e. The van der Waals surface area contributed by atoms with Crippen LogP contribution in [0, 0.1) is 5.92 Å². The average Bonchev–Trinajstić information content (AvgIpc) is 3.36. The molecule has 3 aromatic heterocycles. The van der Waals surface area contributed by atoms with Gasteiger partial charge in [0.15, 0.2) is 0 Å². The van der Waals surface area contributed by atoms with E-state index in [2.05, 4.69) is 38.5 Å². The van der Waals surface area contributed by atoms with E-state index in [4.69, 9.17) is 0 Å². The van der Waals surface area contributed by atoms with Crippen LogP contribution in [0.3, 0.4) is 0 Å². The van der Waals surface area contributed by atoms with E-state index in [0.717, 1.165) is 37.3 Å². The number of likely N-dealkylation sites (tertiary alicyclic amines) is 1. The average molecular weight is 404 g/mol. The molecule has 0 bridgehead atoms. The van der Waals surface area contributed by atoms with Crippen molar-refractivity contribution >= 4 is 23.1 Å². The van der Waals surface area contributed by atoms with Crippen molar-refractivity contribution in [2.75, 3.05) is 24.5 Å². The van der Waals surface area contributed by atoms with Crippen molar-refractivity contribution in [1.82, 2.24) is 24.8 Å². The molecular weight excluding hydrogens is 380 g/mol. The zero-order valence-corrected chi connectivity index (χ0v) is 16.7. The maximum Gasteiger partial charge on any atom is 0.328 e. The fraction of sp³-hybridized carbons (Fsp3) is 0.364. The van der Waals surface area contributed by atoms with Crippen molar-refractivity contribution in [1.29, 1.82) is 0 Å². The van der Waals surface area contributed by atoms with Crippen molar-refractivity contribution in [3.63, 3.8) is 0 Å². The summed E-state index contributed by atoms with van der Waals surface area (Å²) >= 11 is 0. The lowest BCUT2D eigenvalue weighted by Gasteiger charge is -2.25. The van der Waals surface area contributed by atoms with Gasteiger partial charge in [-0.1, -0.05) is 6.07 Å². The van der Waals surface area contributed by atoms with E-state index in [9.17, 15) is 9.59 Å². The number of pyridine rings is 2. The second kappa shape index (κ2) is 7.87. The molecule has 1 atom stereocenters. The number of carbonyl (C=O) groups excluding carboxylic acids is 2. The van der Waals surface area contributed by atoms with Crippen molar-refractivity contribution in [3.05, 3.63) is 60.2 Å². The van der Waals surface area contributed by atoms with Crippen LogP contribution in [-0.2, 0) is 17.8 Å². The summed E-state index contributed by atoms with van der Waals surface area (Å²) in [6, 6.07) is 7.95. The van der Waals surface area contributed by atoms with E-state index < -0.39 is 0 Å². The molecule has 0 spiro atoms. The zero-order valence-electron chi connectivity index (χ0n) is 16.7. The third-order valence-electron chi connectivity index (χ3n) is 5.93. The first kappa shape index (κ1) is 18.7. The Balaban J connectivity index is 1.29. The lowest BCUT2D eigenvalue weighted by molar-refractivity contribution is -0.120. The number of hydrogen-bond acceptors (Lipinski definition) is 5. The van der Waals surface area contributed by atoms with Crippen LogP contribution in [0.5, 0.6) is 0 Å². The topological polar surface area (TPSA) is 82.8 Å². The van der Waals surface area contributed by atoms with Crippen LogP contribution in [0.15, 0.2) is 49.1 Å². The SMILES string of the molecule is O=C1CCN(c2cnn3ccc(CC4CCN(Cc5cccnc5)C4)cc23)C(=O)N1. The fourth-order valence-corrected chi connectivity index (χ4v) is 4.45. The highest BCUT2D eigenvalue weighted by Gasteiger charge is 2.27. The summed E-state index contributed by atoms with van der Waals surface area (Å²) in [7, 11) is 0. The summed E-state index contributed by atoms with van der Waals surface area (Å²) in [5.41, 5.74) is 4.13. The second-order valence-electron chi connectivity index (χ2n) is 8.10. The van der Waals surface area contributed by atoms with Crippen LogP contribution in [0.25, 0.3) is 5.52 Å². The standard InChI is InChI=1S/C22H24N6O2/c29-21-5-8-27(22(30)25-21)20-13-24-28-9-4-16(11-19(20)28)10-17-3-7-26(14-17)15-18-2-1-6-23-12-18/h1-2,4,6,9,11-13,17H,3,5,7-8,10,14-15H2,(H,25,29,30). The molecular formula is C22H24N6O2. The summed E-state index contributed by atoms with van der Waals surface area (Å²) in [6.45, 7) is 3.49. The summed E-state index contributed by atoms with van der Waals surface area (Å²) in [4.78, 5) is 32.0. The molecule has 8 nitrogen and oxygen atoms in total. The van der Waals surface area contributed by atoms with Crippen molar-refractivity contribution in [2.24, 2.45) is 5.92 Å². The lowest BCUT2D eigenvalue weighted by atomic mass is 9.99. The van der Waals surface area contributed by atoms with E-state index in [1.165, 1.54) is 17.5 Å². The summed E-state index contributed by atoms with van der Waals surface area (Å²) in [5, 5.41) is 6.76. The van der Waals surface area contributed by atoms with Gasteiger partial charge in [-0.05, 0) is 54.6 Å². The number of nitrogens with one attached hydrogen (secondary N) is 1. The summed E-state index contributed by atoms with van der Waals surface area (Å²) in [5.74, 6) is 0.372. The van der Waals surface area contributed by atoms with Gasteiger partial charge in [-0.2, -0.15) is 5.10 Å². The molecule has 30 heavy (non-hydrogen) atoms. The van der Waals surface area contributed by atoms with Crippen molar-refractivity contribution < 1.29 is 9.59 Å². The highest BCUT2D eigenvalue weighted by atomic mass is 16.2. The van der Waals surface area contributed by atoms with Crippen LogP contribution in [-0.4, -0.2) is 51.1 Å². The molecule has 5 heterocycles. The lowest BCUT2D eigenvalue weighted by Crippen LogP contribution is -2.49. The molecule has 2 aliphatic rings. The molecule has 0 saturated carbocycles. The van der Waals surface area contributed by atoms with Crippen molar-refractivity contribution in [2.45, 2.75) is 25.8 Å². The predicted octanol–water partition coefficient (Wildman–Crippen LogP) is 2.24. The fourth-order valence-electron chi connectivity index (χ4n) is 4.45. The minimum atomic E-state index is -0.381. The Morgan fingerprint density at radius 3 is 2.90 bits per heavy atom. The number of anilines is 1. The minimum absolute atomic E-state index is 0.231. The maximum atomic E-state index is 12.2. The van der Waals surface area contributed by atoms with E-state index in [0.29, 0.717) is 18.9 Å². The summed E-state index contributed by atoms with van der Waals surface area (Å²) in [6.07, 6.45) is 9.86. The molecule has 154 valence electrons. The monoisotopic (exact) mass is 404 g/mol. The number of imide groups is 1. The van der Waals surface area contributed by atoms with Crippen LogP contribution >= 0.6 is 0 Å². The number of aromatic nitrogens is 3. The van der Waals surface area contributed by atoms with Gasteiger partial charge in [0.05, 0.1) is 17.4 Å². The molecule has 2 aliphatic heterocycles. The van der Waals surface area contributed by atoms with Crippen LogP contribution in [0.4, 0.5) is 10.5 Å². The molecule has 5 rings (SSSR count). The molecule has 8 heteroatoms. The number of carbonyl (C=O) groups is 2. The van der Waals surface area contributed by atoms with Gasteiger partial charge in [0.25, 0.3) is 0 Å². The van der Waals surface area contributed by atoms with Gasteiger partial charge >= 0.3 is 6.03 Å². The van der Waals surface area contributed by atoms with Gasteiger partial charge in [-0.3, -0.25) is 24.9 Å². The van der Waals surface area contributed by atoms with E-state index >= 15 is 0 Å². The number of urea groups is 1. The first-order valence-electron chi connectivity index (χ1n) is 10.3. The first-order valence-corrected chi connectivity index (χ1v) is 10.3. The van der Waals surface area contributed by atoms with Crippen LogP contribution < -0.4 is 10.2 Å². The van der Waals surface area contributed by atoms with Gasteiger partial charge in [-0.25, -0.2) is 9.31 Å². The van der Waals surface area contributed by atoms with E-state index in [-0.39, 0.29) is 11.9 Å². The molecule has 0 radical (unpaired) electrons. The normalized spacial score (nSPS) is 20.1. The summed E-state index contributed by atoms with van der Waals surface area (Å²) < 4.78 is 1.78. The third kappa shape index (κ3) is 3.78. The largest absolute Gasteiger partial charge is 0.328 e. The molecule has 0 aromatic carbocycles. The van der Waals surface area contributed by atoms with Gasteiger partial charge in [-0.15, -0.1) is 0 Å². The van der Waals surface area contributed by atoms with Gasteiger partial charge in [0.1, 0.15) is 0 Å². The van der Waals surface area contributed by atoms with Crippen molar-refractivity contribution in [3.8, 4) is 0 Å². The molecule has 0 aliphatic carbocycles. The Kier molecular flexibility index (Phi) is 4.92. The highest BCUT2D eigenvalue weighted by Crippen LogP contribution is 2.27. The Labute approximate surface area is 174 Å². The van der Waals surface area contributed by atoms with Crippen LogP contribution in [0.2, 0.25) is 0 Å². The van der Waals surface area contributed by atoms with Crippen LogP contribution in [0.1, 0.15) is 24.0 Å². The first-order chi connectivity index (χ1) is 14.7. The molecule has 2 saturated heterocycles. The number of nitrogens with zero attached hydrogens (tertiary/aromatic N) is 5. The van der Waals surface area contributed by atoms with Gasteiger partial charge in [0.2, 0.25) is 5.91 Å². The highest BCUT2D eigenvalue weighted by molar-refractivity contribution is 6.07. The quantitative estimate of drug-likeness (QED) is 0.705. The Bertz CT molecular complexity index is 1080. The molecule has 3 aromatic rings. The van der Waals surface area contributed by atoms with Gasteiger partial charge in [0, 0.05) is 44.6 Å². The Hall–Kier alpha value is -3.26. The Morgan fingerprint density at radius 1 is 1.13 bits per heavy atom. The molecule has 1 N–H and O–H groups in total. The van der Waals surface area contributed by atoms with E-state index in [1.807, 2.05) is 24.7 Å². The smallest absolute Gasteiger partial charge is 0.299 e. The number of amides is 3. The zero-order chi connectivity index (χ0) is 20.5.